The van der Waals surface area contributed by atoms with Crippen molar-refractivity contribution >= 4 is 23.3 Å². The van der Waals surface area contributed by atoms with Crippen molar-refractivity contribution in [3.63, 3.8) is 0 Å². The zero-order valence-corrected chi connectivity index (χ0v) is 10.7. The van der Waals surface area contributed by atoms with E-state index in [9.17, 15) is 0 Å². The standard InChI is InChI=1S/C16H13N.ClH/c1-2-6-13(7-3-1)12-15-11-10-14-8-4-5-9-16(14)17-15;/h1-11H,12H2;1H. The lowest BCUT2D eigenvalue weighted by molar-refractivity contribution is 1.10. The van der Waals surface area contributed by atoms with Gasteiger partial charge in [-0.15, -0.1) is 12.4 Å². The molecule has 90 valence electrons. The molecule has 0 aliphatic carbocycles. The van der Waals surface area contributed by atoms with Crippen molar-refractivity contribution in [1.82, 2.24) is 4.98 Å². The zero-order valence-electron chi connectivity index (χ0n) is 9.91. The highest BCUT2D eigenvalue weighted by Gasteiger charge is 1.99. The van der Waals surface area contributed by atoms with E-state index >= 15 is 0 Å². The highest BCUT2D eigenvalue weighted by atomic mass is 35.5. The molecule has 0 fully saturated rings. The molecule has 1 nitrogen and oxygen atoms in total. The van der Waals surface area contributed by atoms with Gasteiger partial charge in [0.1, 0.15) is 0 Å². The minimum Gasteiger partial charge on any atom is -0.252 e. The first-order valence-corrected chi connectivity index (χ1v) is 5.80. The smallest absolute Gasteiger partial charge is 0.0705 e. The van der Waals surface area contributed by atoms with Gasteiger partial charge in [-0.05, 0) is 17.7 Å². The molecular weight excluding hydrogens is 242 g/mol. The molecule has 3 rings (SSSR count). The molecule has 0 amide bonds. The van der Waals surface area contributed by atoms with Crippen LogP contribution in [0.4, 0.5) is 0 Å². The molecule has 18 heavy (non-hydrogen) atoms. The lowest BCUT2D eigenvalue weighted by Crippen LogP contribution is -1.92. The van der Waals surface area contributed by atoms with Crippen LogP contribution in [0.1, 0.15) is 11.3 Å². The summed E-state index contributed by atoms with van der Waals surface area (Å²) in [5.74, 6) is 0. The van der Waals surface area contributed by atoms with Crippen molar-refractivity contribution in [1.29, 1.82) is 0 Å². The van der Waals surface area contributed by atoms with Gasteiger partial charge in [-0.3, -0.25) is 4.98 Å². The molecule has 0 atom stereocenters. The van der Waals surface area contributed by atoms with Gasteiger partial charge in [0.25, 0.3) is 0 Å². The van der Waals surface area contributed by atoms with Gasteiger partial charge in [-0.1, -0.05) is 54.6 Å². The van der Waals surface area contributed by atoms with Gasteiger partial charge >= 0.3 is 0 Å². The number of pyridine rings is 1. The van der Waals surface area contributed by atoms with Crippen LogP contribution in [0.3, 0.4) is 0 Å². The van der Waals surface area contributed by atoms with E-state index < -0.39 is 0 Å². The van der Waals surface area contributed by atoms with E-state index in [0.29, 0.717) is 0 Å². The normalized spacial score (nSPS) is 10.0. The van der Waals surface area contributed by atoms with Crippen molar-refractivity contribution in [3.8, 4) is 0 Å². The number of hydrogen-bond donors (Lipinski definition) is 0. The molecule has 3 aromatic rings. The lowest BCUT2D eigenvalue weighted by Gasteiger charge is -2.03. The predicted molar refractivity (Wildman–Crippen MR) is 78.2 cm³/mol. The van der Waals surface area contributed by atoms with Crippen LogP contribution < -0.4 is 0 Å². The van der Waals surface area contributed by atoms with Gasteiger partial charge in [-0.25, -0.2) is 0 Å². The summed E-state index contributed by atoms with van der Waals surface area (Å²) in [5, 5.41) is 1.20. The molecule has 0 N–H and O–H groups in total. The van der Waals surface area contributed by atoms with Crippen LogP contribution in [-0.2, 0) is 6.42 Å². The average Bonchev–Trinajstić information content (AvgIpc) is 2.40. The van der Waals surface area contributed by atoms with E-state index in [1.807, 2.05) is 18.2 Å². The largest absolute Gasteiger partial charge is 0.252 e. The molecule has 0 saturated carbocycles. The van der Waals surface area contributed by atoms with Gasteiger partial charge in [0.05, 0.1) is 5.52 Å². The topological polar surface area (TPSA) is 12.9 Å². The average molecular weight is 256 g/mol. The Hall–Kier alpha value is -1.86. The summed E-state index contributed by atoms with van der Waals surface area (Å²) in [6.45, 7) is 0. The van der Waals surface area contributed by atoms with Gasteiger partial charge in [0.15, 0.2) is 0 Å². The third-order valence-corrected chi connectivity index (χ3v) is 2.88. The Morgan fingerprint density at radius 2 is 1.44 bits per heavy atom. The first kappa shape index (κ1) is 12.6. The molecule has 0 radical (unpaired) electrons. The summed E-state index contributed by atoms with van der Waals surface area (Å²) in [5.41, 5.74) is 3.49. The minimum atomic E-state index is 0. The number of nitrogens with zero attached hydrogens (tertiary/aromatic N) is 1. The Kier molecular flexibility index (Phi) is 3.96. The van der Waals surface area contributed by atoms with Crippen molar-refractivity contribution in [2.45, 2.75) is 6.42 Å². The second-order valence-corrected chi connectivity index (χ2v) is 4.16. The lowest BCUT2D eigenvalue weighted by atomic mass is 10.1. The van der Waals surface area contributed by atoms with Gasteiger partial charge in [0.2, 0.25) is 0 Å². The molecule has 0 spiro atoms. The monoisotopic (exact) mass is 255 g/mol. The minimum absolute atomic E-state index is 0. The molecule has 0 bridgehead atoms. The molecule has 0 aliphatic rings. The summed E-state index contributed by atoms with van der Waals surface area (Å²) in [7, 11) is 0. The Morgan fingerprint density at radius 1 is 0.722 bits per heavy atom. The second kappa shape index (κ2) is 5.65. The summed E-state index contributed by atoms with van der Waals surface area (Å²) < 4.78 is 0. The third-order valence-electron chi connectivity index (χ3n) is 2.88. The maximum absolute atomic E-state index is 4.67. The number of halogens is 1. The van der Waals surface area contributed by atoms with Crippen molar-refractivity contribution in [3.05, 3.63) is 78.0 Å². The molecular formula is C16H14ClN. The van der Waals surface area contributed by atoms with E-state index in [1.165, 1.54) is 10.9 Å². The fourth-order valence-electron chi connectivity index (χ4n) is 2.01. The number of rotatable bonds is 2. The number of fused-ring (bicyclic) bond motifs is 1. The van der Waals surface area contributed by atoms with E-state index in [-0.39, 0.29) is 12.4 Å². The second-order valence-electron chi connectivity index (χ2n) is 4.16. The number of hydrogen-bond acceptors (Lipinski definition) is 1. The van der Waals surface area contributed by atoms with Crippen LogP contribution in [0.2, 0.25) is 0 Å². The van der Waals surface area contributed by atoms with Crippen LogP contribution in [0, 0.1) is 0 Å². The SMILES string of the molecule is Cl.c1ccc(Cc2ccc3ccccc3n2)cc1. The van der Waals surface area contributed by atoms with Crippen LogP contribution in [0.25, 0.3) is 10.9 Å². The van der Waals surface area contributed by atoms with Crippen LogP contribution in [0.5, 0.6) is 0 Å². The highest BCUT2D eigenvalue weighted by Crippen LogP contribution is 2.14. The highest BCUT2D eigenvalue weighted by molar-refractivity contribution is 5.85. The summed E-state index contributed by atoms with van der Waals surface area (Å²) in [4.78, 5) is 4.67. The zero-order chi connectivity index (χ0) is 11.5. The quantitative estimate of drug-likeness (QED) is 0.667. The number of benzene rings is 2. The van der Waals surface area contributed by atoms with Crippen LogP contribution >= 0.6 is 12.4 Å². The van der Waals surface area contributed by atoms with Crippen molar-refractivity contribution in [2.75, 3.05) is 0 Å². The molecule has 0 unspecified atom stereocenters. The fourth-order valence-corrected chi connectivity index (χ4v) is 2.01. The van der Waals surface area contributed by atoms with Gasteiger partial charge < -0.3 is 0 Å². The molecule has 0 saturated heterocycles. The third kappa shape index (κ3) is 2.69. The molecule has 2 aromatic carbocycles. The summed E-state index contributed by atoms with van der Waals surface area (Å²) in [6, 6.07) is 22.9. The maximum atomic E-state index is 4.67. The maximum Gasteiger partial charge on any atom is 0.0705 e. The van der Waals surface area contributed by atoms with E-state index in [4.69, 9.17) is 0 Å². The van der Waals surface area contributed by atoms with Crippen LogP contribution in [-0.4, -0.2) is 4.98 Å². The Balaban J connectivity index is 0.00000120. The van der Waals surface area contributed by atoms with Crippen molar-refractivity contribution in [2.24, 2.45) is 0 Å². The molecule has 0 aliphatic heterocycles. The Bertz CT molecular complexity index is 635. The number of para-hydroxylation sites is 1. The summed E-state index contributed by atoms with van der Waals surface area (Å²) in [6.07, 6.45) is 0.895. The molecule has 1 heterocycles. The van der Waals surface area contributed by atoms with Gasteiger partial charge in [-0.2, -0.15) is 0 Å². The molecule has 2 heteroatoms. The Morgan fingerprint density at radius 3 is 2.28 bits per heavy atom. The van der Waals surface area contributed by atoms with E-state index in [2.05, 4.69) is 53.5 Å². The molecule has 1 aromatic heterocycles. The summed E-state index contributed by atoms with van der Waals surface area (Å²) >= 11 is 0. The van der Waals surface area contributed by atoms with E-state index in [1.54, 1.807) is 0 Å². The van der Waals surface area contributed by atoms with Gasteiger partial charge in [0, 0.05) is 17.5 Å². The number of aromatic nitrogens is 1. The fraction of sp³-hybridized carbons (Fsp3) is 0.0625. The predicted octanol–water partition coefficient (Wildman–Crippen LogP) is 4.25. The first-order chi connectivity index (χ1) is 8.42. The Labute approximate surface area is 113 Å². The van der Waals surface area contributed by atoms with E-state index in [0.717, 1.165) is 17.6 Å². The van der Waals surface area contributed by atoms with Crippen LogP contribution in [0.15, 0.2) is 66.7 Å². The van der Waals surface area contributed by atoms with Crippen molar-refractivity contribution < 1.29 is 0 Å². The first-order valence-electron chi connectivity index (χ1n) is 5.80.